The summed E-state index contributed by atoms with van der Waals surface area (Å²) >= 11 is 0. The predicted octanol–water partition coefficient (Wildman–Crippen LogP) is 3.06. The number of aryl methyl sites for hydroxylation is 2. The molecule has 26 heavy (non-hydrogen) atoms. The van der Waals surface area contributed by atoms with Crippen molar-refractivity contribution in [3.05, 3.63) is 63.3 Å². The van der Waals surface area contributed by atoms with Crippen LogP contribution in [0, 0.1) is 25.6 Å². The van der Waals surface area contributed by atoms with Gasteiger partial charge in [0.2, 0.25) is 0 Å². The number of nitrogens with zero attached hydrogens (tertiary/aromatic N) is 1. The third-order valence-electron chi connectivity index (χ3n) is 4.85. The fourth-order valence-electron chi connectivity index (χ4n) is 3.21. The van der Waals surface area contributed by atoms with Crippen molar-refractivity contribution < 1.29 is 13.9 Å². The quantitative estimate of drug-likeness (QED) is 0.914. The molecule has 1 saturated heterocycles. The second kappa shape index (κ2) is 7.72. The molecule has 0 saturated carbocycles. The number of piperidine rings is 1. The van der Waals surface area contributed by atoms with E-state index < -0.39 is 5.82 Å². The zero-order valence-electron chi connectivity index (χ0n) is 15.0. The van der Waals surface area contributed by atoms with E-state index in [9.17, 15) is 14.0 Å². The molecule has 1 aromatic carbocycles. The monoisotopic (exact) mass is 358 g/mol. The third-order valence-corrected chi connectivity index (χ3v) is 4.85. The first-order chi connectivity index (χ1) is 12.5. The summed E-state index contributed by atoms with van der Waals surface area (Å²) in [6, 6.07) is 7.94. The van der Waals surface area contributed by atoms with Crippen LogP contribution in [0.2, 0.25) is 0 Å². The molecule has 1 N–H and O–H groups in total. The number of rotatable bonds is 4. The molecule has 0 aliphatic carbocycles. The van der Waals surface area contributed by atoms with Crippen LogP contribution < -0.4 is 10.3 Å². The van der Waals surface area contributed by atoms with E-state index in [0.29, 0.717) is 19.7 Å². The van der Waals surface area contributed by atoms with Crippen LogP contribution in [0.5, 0.6) is 5.75 Å². The van der Waals surface area contributed by atoms with Crippen LogP contribution in [-0.2, 0) is 0 Å². The van der Waals surface area contributed by atoms with E-state index in [1.54, 1.807) is 29.2 Å². The summed E-state index contributed by atoms with van der Waals surface area (Å²) < 4.78 is 19.2. The molecule has 2 heterocycles. The van der Waals surface area contributed by atoms with Crippen molar-refractivity contribution >= 4 is 5.91 Å². The first-order valence-corrected chi connectivity index (χ1v) is 8.83. The average molecular weight is 358 g/mol. The fraction of sp³-hybridized carbons (Fsp3) is 0.400. The van der Waals surface area contributed by atoms with E-state index in [1.807, 2.05) is 13.8 Å². The second-order valence-electron chi connectivity index (χ2n) is 6.82. The van der Waals surface area contributed by atoms with Gasteiger partial charge in [-0.15, -0.1) is 0 Å². The number of hydrogen-bond acceptors (Lipinski definition) is 3. The van der Waals surface area contributed by atoms with E-state index >= 15 is 0 Å². The van der Waals surface area contributed by atoms with Gasteiger partial charge in [-0.25, -0.2) is 4.39 Å². The molecule has 0 unspecified atom stereocenters. The maximum atomic E-state index is 13.7. The Bertz CT molecular complexity index is 862. The lowest BCUT2D eigenvalue weighted by atomic mass is 9.98. The molecule has 1 fully saturated rings. The number of ether oxygens (including phenoxy) is 1. The minimum absolute atomic E-state index is 0.109. The summed E-state index contributed by atoms with van der Waals surface area (Å²) in [5.41, 5.74) is 1.46. The maximum absolute atomic E-state index is 13.7. The number of benzene rings is 1. The van der Waals surface area contributed by atoms with Gasteiger partial charge in [0, 0.05) is 24.7 Å². The van der Waals surface area contributed by atoms with Gasteiger partial charge < -0.3 is 14.6 Å². The van der Waals surface area contributed by atoms with Gasteiger partial charge in [-0.1, -0.05) is 12.1 Å². The molecule has 138 valence electrons. The Balaban J connectivity index is 1.66. The highest BCUT2D eigenvalue weighted by atomic mass is 19.1. The zero-order valence-corrected chi connectivity index (χ0v) is 15.0. The smallest absolute Gasteiger partial charge is 0.261 e. The van der Waals surface area contributed by atoms with Gasteiger partial charge in [-0.05, 0) is 50.5 Å². The molecule has 3 rings (SSSR count). The molecular weight excluding hydrogens is 335 g/mol. The Morgan fingerprint density at radius 1 is 1.35 bits per heavy atom. The number of pyridine rings is 1. The number of halogens is 1. The Morgan fingerprint density at radius 3 is 2.88 bits per heavy atom. The van der Waals surface area contributed by atoms with Crippen LogP contribution in [-0.4, -0.2) is 35.5 Å². The predicted molar refractivity (Wildman–Crippen MR) is 97.1 cm³/mol. The van der Waals surface area contributed by atoms with Gasteiger partial charge in [0.25, 0.3) is 11.5 Å². The molecule has 5 nitrogen and oxygen atoms in total. The molecule has 0 spiro atoms. The van der Waals surface area contributed by atoms with Crippen molar-refractivity contribution in [3.63, 3.8) is 0 Å². The van der Waals surface area contributed by atoms with Gasteiger partial charge in [0.05, 0.1) is 6.61 Å². The molecule has 1 amide bonds. The lowest BCUT2D eigenvalue weighted by Crippen LogP contribution is -2.43. The number of aromatic amines is 1. The van der Waals surface area contributed by atoms with E-state index in [4.69, 9.17) is 4.74 Å². The number of amides is 1. The molecule has 2 aromatic rings. The maximum Gasteiger partial charge on any atom is 0.261 e. The van der Waals surface area contributed by atoms with Crippen LogP contribution in [0.3, 0.4) is 0 Å². The molecule has 1 aliphatic heterocycles. The van der Waals surface area contributed by atoms with Crippen molar-refractivity contribution in [3.8, 4) is 5.75 Å². The summed E-state index contributed by atoms with van der Waals surface area (Å²) in [5, 5.41) is 0. The van der Waals surface area contributed by atoms with Crippen molar-refractivity contribution in [2.24, 2.45) is 5.92 Å². The first kappa shape index (κ1) is 18.2. The second-order valence-corrected chi connectivity index (χ2v) is 6.82. The molecule has 0 radical (unpaired) electrons. The largest absolute Gasteiger partial charge is 0.490 e. The number of aromatic nitrogens is 1. The number of H-pyrrole nitrogens is 1. The Labute approximate surface area is 151 Å². The van der Waals surface area contributed by atoms with Gasteiger partial charge in [0.1, 0.15) is 5.56 Å². The van der Waals surface area contributed by atoms with E-state index in [0.717, 1.165) is 24.1 Å². The summed E-state index contributed by atoms with van der Waals surface area (Å²) in [7, 11) is 0. The lowest BCUT2D eigenvalue weighted by molar-refractivity contribution is 0.0629. The highest BCUT2D eigenvalue weighted by Crippen LogP contribution is 2.21. The van der Waals surface area contributed by atoms with Crippen molar-refractivity contribution in [1.82, 2.24) is 9.88 Å². The van der Waals surface area contributed by atoms with E-state index in [1.165, 1.54) is 6.07 Å². The van der Waals surface area contributed by atoms with Crippen LogP contribution in [0.4, 0.5) is 4.39 Å². The van der Waals surface area contributed by atoms with Gasteiger partial charge in [0.15, 0.2) is 11.6 Å². The van der Waals surface area contributed by atoms with E-state index in [2.05, 4.69) is 4.98 Å². The number of carbonyl (C=O) groups excluding carboxylic acids is 1. The Kier molecular flexibility index (Phi) is 5.40. The van der Waals surface area contributed by atoms with Crippen LogP contribution in [0.25, 0.3) is 0 Å². The molecule has 6 heteroatoms. The molecular formula is C20H23FN2O3. The van der Waals surface area contributed by atoms with Crippen molar-refractivity contribution in [2.75, 3.05) is 19.7 Å². The number of para-hydroxylation sites is 1. The topological polar surface area (TPSA) is 62.4 Å². The Morgan fingerprint density at radius 2 is 2.12 bits per heavy atom. The number of carbonyl (C=O) groups is 1. The fourth-order valence-corrected chi connectivity index (χ4v) is 3.21. The molecule has 1 aromatic heterocycles. The highest BCUT2D eigenvalue weighted by Gasteiger charge is 2.26. The third kappa shape index (κ3) is 3.95. The van der Waals surface area contributed by atoms with Crippen LogP contribution in [0.15, 0.2) is 35.1 Å². The summed E-state index contributed by atoms with van der Waals surface area (Å²) in [5.74, 6) is -0.317. The number of hydrogen-bond donors (Lipinski definition) is 1. The highest BCUT2D eigenvalue weighted by molar-refractivity contribution is 5.94. The molecule has 1 atom stereocenters. The van der Waals surface area contributed by atoms with Crippen molar-refractivity contribution in [2.45, 2.75) is 26.7 Å². The summed E-state index contributed by atoms with van der Waals surface area (Å²) in [6.45, 7) is 5.13. The normalized spacial score (nSPS) is 17.2. The SMILES string of the molecule is Cc1cc(C(=O)N2CCC[C@H](COc3ccccc3F)C2)c(=O)[nH]c1C. The van der Waals surface area contributed by atoms with Gasteiger partial charge in [-0.2, -0.15) is 0 Å². The summed E-state index contributed by atoms with van der Waals surface area (Å²) in [4.78, 5) is 29.3. The van der Waals surface area contributed by atoms with E-state index in [-0.39, 0.29) is 28.7 Å². The minimum Gasteiger partial charge on any atom is -0.490 e. The average Bonchev–Trinajstić information content (AvgIpc) is 2.64. The lowest BCUT2D eigenvalue weighted by Gasteiger charge is -2.32. The summed E-state index contributed by atoms with van der Waals surface area (Å²) in [6.07, 6.45) is 1.74. The van der Waals surface area contributed by atoms with Gasteiger partial charge >= 0.3 is 0 Å². The Hall–Kier alpha value is -2.63. The van der Waals surface area contributed by atoms with Crippen molar-refractivity contribution in [1.29, 1.82) is 0 Å². The first-order valence-electron chi connectivity index (χ1n) is 8.83. The van der Waals surface area contributed by atoms with Gasteiger partial charge in [-0.3, -0.25) is 9.59 Å². The van der Waals surface area contributed by atoms with Crippen LogP contribution in [0.1, 0.15) is 34.5 Å². The molecule has 0 bridgehead atoms. The molecule has 1 aliphatic rings. The number of nitrogens with one attached hydrogen (secondary N) is 1. The van der Waals surface area contributed by atoms with Crippen LogP contribution >= 0.6 is 0 Å². The standard InChI is InChI=1S/C20H23FN2O3/c1-13-10-16(19(24)22-14(13)2)20(25)23-9-5-6-15(11-23)12-26-18-8-4-3-7-17(18)21/h3-4,7-8,10,15H,5-6,9,11-12H2,1-2H3,(H,22,24)/t15-/m0/s1. The minimum atomic E-state index is -0.391. The zero-order chi connectivity index (χ0) is 18.7. The number of likely N-dealkylation sites (tertiary alicyclic amines) is 1.